The van der Waals surface area contributed by atoms with Crippen molar-refractivity contribution in [3.8, 4) is 0 Å². The van der Waals surface area contributed by atoms with Gasteiger partial charge in [0.1, 0.15) is 0 Å². The third kappa shape index (κ3) is 3.80. The fourth-order valence-electron chi connectivity index (χ4n) is 2.79. The SMILES string of the molecule is CC(N)CCCNC(=O)C1CCCc2ccccc21. The average molecular weight is 260 g/mol. The van der Waals surface area contributed by atoms with Gasteiger partial charge in [0.05, 0.1) is 5.92 Å². The van der Waals surface area contributed by atoms with Crippen LogP contribution in [0.1, 0.15) is 49.7 Å². The first kappa shape index (κ1) is 14.1. The molecule has 0 saturated heterocycles. The highest BCUT2D eigenvalue weighted by Crippen LogP contribution is 2.31. The molecule has 3 N–H and O–H groups in total. The minimum absolute atomic E-state index is 0.0419. The van der Waals surface area contributed by atoms with Crippen molar-refractivity contribution < 1.29 is 4.79 Å². The Kier molecular flexibility index (Phi) is 4.97. The van der Waals surface area contributed by atoms with Gasteiger partial charge >= 0.3 is 0 Å². The summed E-state index contributed by atoms with van der Waals surface area (Å²) in [6.07, 6.45) is 5.09. The maximum absolute atomic E-state index is 12.3. The lowest BCUT2D eigenvalue weighted by Gasteiger charge is -2.24. The number of rotatable bonds is 5. The molecule has 1 aliphatic rings. The summed E-state index contributed by atoms with van der Waals surface area (Å²) in [5.74, 6) is 0.220. The second-order valence-corrected chi connectivity index (χ2v) is 5.55. The fourth-order valence-corrected chi connectivity index (χ4v) is 2.79. The molecule has 3 nitrogen and oxygen atoms in total. The standard InChI is InChI=1S/C16H24N2O/c1-12(17)6-5-11-18-16(19)15-10-4-8-13-7-2-3-9-14(13)15/h2-3,7,9,12,15H,4-6,8,10-11,17H2,1H3,(H,18,19). The zero-order valence-corrected chi connectivity index (χ0v) is 11.7. The normalized spacial score (nSPS) is 19.6. The monoisotopic (exact) mass is 260 g/mol. The van der Waals surface area contributed by atoms with Crippen molar-refractivity contribution in [3.63, 3.8) is 0 Å². The van der Waals surface area contributed by atoms with Gasteiger partial charge in [-0.3, -0.25) is 4.79 Å². The molecular formula is C16H24N2O. The number of hydrogen-bond donors (Lipinski definition) is 2. The second-order valence-electron chi connectivity index (χ2n) is 5.55. The van der Waals surface area contributed by atoms with Crippen LogP contribution in [0.25, 0.3) is 0 Å². The second kappa shape index (κ2) is 6.71. The van der Waals surface area contributed by atoms with E-state index in [1.54, 1.807) is 0 Å². The molecule has 0 bridgehead atoms. The molecule has 0 radical (unpaired) electrons. The van der Waals surface area contributed by atoms with Crippen molar-refractivity contribution in [2.24, 2.45) is 5.73 Å². The van der Waals surface area contributed by atoms with E-state index in [1.807, 2.05) is 13.0 Å². The van der Waals surface area contributed by atoms with Crippen LogP contribution in [0.5, 0.6) is 0 Å². The Labute approximate surface area is 115 Å². The molecule has 0 aromatic heterocycles. The molecule has 0 spiro atoms. The van der Waals surface area contributed by atoms with Crippen LogP contribution in [0.2, 0.25) is 0 Å². The van der Waals surface area contributed by atoms with Crippen molar-refractivity contribution >= 4 is 5.91 Å². The number of carbonyl (C=O) groups is 1. The van der Waals surface area contributed by atoms with Crippen molar-refractivity contribution in [2.75, 3.05) is 6.54 Å². The first-order chi connectivity index (χ1) is 9.18. The lowest BCUT2D eigenvalue weighted by molar-refractivity contribution is -0.122. The van der Waals surface area contributed by atoms with E-state index in [2.05, 4.69) is 23.5 Å². The molecule has 1 aromatic rings. The number of amides is 1. The van der Waals surface area contributed by atoms with E-state index >= 15 is 0 Å². The molecule has 2 rings (SSSR count). The van der Waals surface area contributed by atoms with Gasteiger partial charge in [-0.25, -0.2) is 0 Å². The first-order valence-corrected chi connectivity index (χ1v) is 7.29. The van der Waals surface area contributed by atoms with Gasteiger partial charge in [-0.05, 0) is 50.2 Å². The van der Waals surface area contributed by atoms with Gasteiger partial charge < -0.3 is 11.1 Å². The predicted molar refractivity (Wildman–Crippen MR) is 78.0 cm³/mol. The summed E-state index contributed by atoms with van der Waals surface area (Å²) in [7, 11) is 0. The number of nitrogens with two attached hydrogens (primary N) is 1. The zero-order chi connectivity index (χ0) is 13.7. The molecule has 1 aromatic carbocycles. The van der Waals surface area contributed by atoms with Crippen molar-refractivity contribution in [1.29, 1.82) is 0 Å². The van der Waals surface area contributed by atoms with Gasteiger partial charge in [0.2, 0.25) is 5.91 Å². The lowest BCUT2D eigenvalue weighted by atomic mass is 9.82. The largest absolute Gasteiger partial charge is 0.356 e. The molecule has 2 atom stereocenters. The summed E-state index contributed by atoms with van der Waals surface area (Å²) in [6.45, 7) is 2.73. The highest BCUT2D eigenvalue weighted by molar-refractivity contribution is 5.84. The zero-order valence-electron chi connectivity index (χ0n) is 11.7. The van der Waals surface area contributed by atoms with E-state index in [-0.39, 0.29) is 17.9 Å². The Morgan fingerprint density at radius 1 is 1.47 bits per heavy atom. The van der Waals surface area contributed by atoms with Gasteiger partial charge in [0.15, 0.2) is 0 Å². The van der Waals surface area contributed by atoms with Crippen LogP contribution < -0.4 is 11.1 Å². The lowest BCUT2D eigenvalue weighted by Crippen LogP contribution is -2.32. The van der Waals surface area contributed by atoms with Crippen LogP contribution in [-0.2, 0) is 11.2 Å². The van der Waals surface area contributed by atoms with Gasteiger partial charge in [0, 0.05) is 12.6 Å². The molecule has 0 saturated carbocycles. The van der Waals surface area contributed by atoms with Crippen LogP contribution in [-0.4, -0.2) is 18.5 Å². The molecule has 1 aliphatic carbocycles. The Morgan fingerprint density at radius 3 is 3.05 bits per heavy atom. The Hall–Kier alpha value is -1.35. The highest BCUT2D eigenvalue weighted by Gasteiger charge is 2.25. The summed E-state index contributed by atoms with van der Waals surface area (Å²) in [5, 5.41) is 3.05. The molecule has 2 unspecified atom stereocenters. The highest BCUT2D eigenvalue weighted by atomic mass is 16.1. The van der Waals surface area contributed by atoms with Crippen molar-refractivity contribution in [2.45, 2.75) is 51.0 Å². The van der Waals surface area contributed by atoms with Crippen LogP contribution in [0.15, 0.2) is 24.3 Å². The van der Waals surface area contributed by atoms with Gasteiger partial charge in [-0.15, -0.1) is 0 Å². The maximum Gasteiger partial charge on any atom is 0.227 e. The summed E-state index contributed by atoms with van der Waals surface area (Å²) in [4.78, 5) is 12.3. The van der Waals surface area contributed by atoms with Crippen LogP contribution in [0.3, 0.4) is 0 Å². The number of benzene rings is 1. The smallest absolute Gasteiger partial charge is 0.227 e. The van der Waals surface area contributed by atoms with E-state index in [0.29, 0.717) is 0 Å². The predicted octanol–water partition coefficient (Wildman–Crippen LogP) is 2.35. The van der Waals surface area contributed by atoms with Gasteiger partial charge in [-0.1, -0.05) is 24.3 Å². The minimum atomic E-state index is 0.0419. The van der Waals surface area contributed by atoms with E-state index < -0.39 is 0 Å². The van der Waals surface area contributed by atoms with Crippen LogP contribution in [0, 0.1) is 0 Å². The molecule has 104 valence electrons. The van der Waals surface area contributed by atoms with E-state index in [9.17, 15) is 4.79 Å². The molecule has 3 heteroatoms. The van der Waals surface area contributed by atoms with E-state index in [0.717, 1.165) is 38.6 Å². The van der Waals surface area contributed by atoms with Gasteiger partial charge in [-0.2, -0.15) is 0 Å². The number of nitrogens with one attached hydrogen (secondary N) is 1. The summed E-state index contributed by atoms with van der Waals surface area (Å²) >= 11 is 0. The molecule has 19 heavy (non-hydrogen) atoms. The van der Waals surface area contributed by atoms with Crippen molar-refractivity contribution in [1.82, 2.24) is 5.32 Å². The number of hydrogen-bond acceptors (Lipinski definition) is 2. The Bertz CT molecular complexity index is 429. The van der Waals surface area contributed by atoms with Crippen molar-refractivity contribution in [3.05, 3.63) is 35.4 Å². The number of carbonyl (C=O) groups excluding carboxylic acids is 1. The maximum atomic E-state index is 12.3. The number of aryl methyl sites for hydroxylation is 1. The third-order valence-corrected chi connectivity index (χ3v) is 3.82. The fraction of sp³-hybridized carbons (Fsp3) is 0.562. The molecule has 0 aliphatic heterocycles. The molecule has 0 heterocycles. The van der Waals surface area contributed by atoms with Crippen LogP contribution >= 0.6 is 0 Å². The summed E-state index contributed by atoms with van der Waals surface area (Å²) in [6, 6.07) is 8.54. The average Bonchev–Trinajstić information content (AvgIpc) is 2.42. The molecule has 0 fully saturated rings. The topological polar surface area (TPSA) is 55.1 Å². The molecule has 1 amide bonds. The minimum Gasteiger partial charge on any atom is -0.356 e. The summed E-state index contributed by atoms with van der Waals surface area (Å²) in [5.41, 5.74) is 8.26. The Morgan fingerprint density at radius 2 is 2.26 bits per heavy atom. The quantitative estimate of drug-likeness (QED) is 0.798. The summed E-state index contributed by atoms with van der Waals surface area (Å²) < 4.78 is 0. The van der Waals surface area contributed by atoms with Crippen LogP contribution in [0.4, 0.5) is 0 Å². The Balaban J connectivity index is 1.90. The van der Waals surface area contributed by atoms with E-state index in [4.69, 9.17) is 5.73 Å². The third-order valence-electron chi connectivity index (χ3n) is 3.82. The van der Waals surface area contributed by atoms with Gasteiger partial charge in [0.25, 0.3) is 0 Å². The van der Waals surface area contributed by atoms with E-state index in [1.165, 1.54) is 11.1 Å². The number of fused-ring (bicyclic) bond motifs is 1. The molecular weight excluding hydrogens is 236 g/mol. The first-order valence-electron chi connectivity index (χ1n) is 7.29.